The third-order valence-corrected chi connectivity index (χ3v) is 4.97. The van der Waals surface area contributed by atoms with E-state index in [9.17, 15) is 5.11 Å². The van der Waals surface area contributed by atoms with Crippen molar-refractivity contribution in [3.63, 3.8) is 0 Å². The topological polar surface area (TPSA) is 51.0 Å². The van der Waals surface area contributed by atoms with Gasteiger partial charge < -0.3 is 19.7 Å². The zero-order valence-electron chi connectivity index (χ0n) is 13.9. The number of aliphatic hydroxyl groups excluding tert-OH is 1. The summed E-state index contributed by atoms with van der Waals surface area (Å²) in [6.07, 6.45) is 2.32. The maximum Gasteiger partial charge on any atom is 0.121 e. The van der Waals surface area contributed by atoms with Crippen LogP contribution in [0.1, 0.15) is 12.8 Å². The van der Waals surface area contributed by atoms with Crippen LogP contribution in [0.3, 0.4) is 0 Å². The van der Waals surface area contributed by atoms with E-state index in [1.807, 2.05) is 0 Å². The van der Waals surface area contributed by atoms with Crippen LogP contribution in [0.5, 0.6) is 0 Å². The Morgan fingerprint density at radius 2 is 1.75 bits per heavy atom. The van der Waals surface area contributed by atoms with Gasteiger partial charge in [0.1, 0.15) is 25.3 Å². The van der Waals surface area contributed by atoms with Crippen LogP contribution in [0.2, 0.25) is 0 Å². The third kappa shape index (κ3) is 3.05. The lowest BCUT2D eigenvalue weighted by Gasteiger charge is -2.14. The molecule has 0 bridgehead atoms. The maximum absolute atomic E-state index is 10.5. The van der Waals surface area contributed by atoms with Crippen LogP contribution >= 0.6 is 0 Å². The van der Waals surface area contributed by atoms with Crippen molar-refractivity contribution in [2.45, 2.75) is 31.6 Å². The minimum Gasteiger partial charge on any atom is -0.385 e. The standard InChI is InChI=1S/C20H24N2O2/c23-15(12-21-13-16-6-5-11-24-16)14-22-19-9-3-1-7-17(19)18-8-2-4-10-20(18)22/h1-4,7-10,15-16,21,23H,5-6,11-14H2/p+1. The minimum atomic E-state index is -0.370. The second kappa shape index (κ2) is 6.93. The van der Waals surface area contributed by atoms with Gasteiger partial charge in [-0.3, -0.25) is 0 Å². The number of aliphatic hydroxyl groups is 1. The van der Waals surface area contributed by atoms with Crippen molar-refractivity contribution in [2.75, 3.05) is 19.7 Å². The highest BCUT2D eigenvalue weighted by atomic mass is 16.5. The Labute approximate surface area is 142 Å². The van der Waals surface area contributed by atoms with Gasteiger partial charge in [-0.05, 0) is 25.0 Å². The zero-order chi connectivity index (χ0) is 16.4. The normalized spacial score (nSPS) is 19.3. The molecule has 0 radical (unpaired) electrons. The highest BCUT2D eigenvalue weighted by Crippen LogP contribution is 2.28. The summed E-state index contributed by atoms with van der Waals surface area (Å²) in [5.74, 6) is 0. The van der Waals surface area contributed by atoms with Crippen LogP contribution in [0.25, 0.3) is 21.8 Å². The van der Waals surface area contributed by atoms with Gasteiger partial charge in [-0.2, -0.15) is 0 Å². The molecule has 1 aliphatic rings. The summed E-state index contributed by atoms with van der Waals surface area (Å²) in [5.41, 5.74) is 2.38. The van der Waals surface area contributed by atoms with E-state index in [1.165, 1.54) is 28.2 Å². The molecule has 0 spiro atoms. The predicted octanol–water partition coefficient (Wildman–Crippen LogP) is 1.90. The van der Waals surface area contributed by atoms with Gasteiger partial charge in [0.05, 0.1) is 6.54 Å². The molecule has 2 aromatic carbocycles. The molecule has 1 aliphatic heterocycles. The number of ether oxygens (including phenoxy) is 1. The number of fused-ring (bicyclic) bond motifs is 3. The van der Waals surface area contributed by atoms with Gasteiger partial charge in [-0.1, -0.05) is 36.4 Å². The molecule has 24 heavy (non-hydrogen) atoms. The number of para-hydroxylation sites is 2. The Balaban J connectivity index is 1.50. The van der Waals surface area contributed by atoms with Crippen molar-refractivity contribution < 1.29 is 15.2 Å². The fourth-order valence-electron chi connectivity index (χ4n) is 3.79. The first-order valence-electron chi connectivity index (χ1n) is 8.90. The number of quaternary nitrogens is 1. The average Bonchev–Trinajstić information content (AvgIpc) is 3.23. The summed E-state index contributed by atoms with van der Waals surface area (Å²) < 4.78 is 7.88. The van der Waals surface area contributed by atoms with Gasteiger partial charge in [-0.15, -0.1) is 0 Å². The second-order valence-corrected chi connectivity index (χ2v) is 6.69. The molecule has 0 aliphatic carbocycles. The molecular formula is C20H25N2O2+. The van der Waals surface area contributed by atoms with Crippen molar-refractivity contribution in [3.8, 4) is 0 Å². The van der Waals surface area contributed by atoms with Gasteiger partial charge in [0.15, 0.2) is 0 Å². The van der Waals surface area contributed by atoms with E-state index >= 15 is 0 Å². The van der Waals surface area contributed by atoms with E-state index < -0.39 is 0 Å². The SMILES string of the molecule is OC(C[NH2+]CC1CCCO1)Cn1c2ccccc2c2ccccc21. The highest BCUT2D eigenvalue weighted by molar-refractivity contribution is 6.07. The van der Waals surface area contributed by atoms with Crippen LogP contribution in [-0.2, 0) is 11.3 Å². The maximum atomic E-state index is 10.5. The van der Waals surface area contributed by atoms with Gasteiger partial charge in [0.2, 0.25) is 0 Å². The molecule has 3 N–H and O–H groups in total. The molecule has 4 rings (SSSR count). The van der Waals surface area contributed by atoms with E-state index in [2.05, 4.69) is 58.4 Å². The van der Waals surface area contributed by atoms with Gasteiger partial charge >= 0.3 is 0 Å². The molecule has 1 saturated heterocycles. The number of aromatic nitrogens is 1. The molecule has 1 aromatic heterocycles. The van der Waals surface area contributed by atoms with Crippen molar-refractivity contribution in [3.05, 3.63) is 48.5 Å². The molecular weight excluding hydrogens is 300 g/mol. The van der Waals surface area contributed by atoms with Gasteiger partial charge in [0, 0.05) is 28.4 Å². The fourth-order valence-corrected chi connectivity index (χ4v) is 3.79. The second-order valence-electron chi connectivity index (χ2n) is 6.69. The predicted molar refractivity (Wildman–Crippen MR) is 96.1 cm³/mol. The monoisotopic (exact) mass is 325 g/mol. The van der Waals surface area contributed by atoms with Crippen LogP contribution in [-0.4, -0.2) is 41.6 Å². The number of nitrogens with zero attached hydrogens (tertiary/aromatic N) is 1. The molecule has 1 fully saturated rings. The summed E-state index contributed by atoms with van der Waals surface area (Å²) in [4.78, 5) is 0. The van der Waals surface area contributed by atoms with Gasteiger partial charge in [0.25, 0.3) is 0 Å². The molecule has 2 atom stereocenters. The molecule has 4 nitrogen and oxygen atoms in total. The summed E-state index contributed by atoms with van der Waals surface area (Å²) >= 11 is 0. The Kier molecular flexibility index (Phi) is 4.52. The Bertz CT molecular complexity index is 767. The van der Waals surface area contributed by atoms with Crippen molar-refractivity contribution in [2.24, 2.45) is 0 Å². The molecule has 2 unspecified atom stereocenters. The zero-order valence-corrected chi connectivity index (χ0v) is 13.9. The molecule has 126 valence electrons. The quantitative estimate of drug-likeness (QED) is 0.727. The van der Waals surface area contributed by atoms with Crippen molar-refractivity contribution in [1.29, 1.82) is 0 Å². The number of hydrogen-bond acceptors (Lipinski definition) is 2. The van der Waals surface area contributed by atoms with Crippen LogP contribution in [0.4, 0.5) is 0 Å². The van der Waals surface area contributed by atoms with Crippen LogP contribution in [0, 0.1) is 0 Å². The first-order chi connectivity index (χ1) is 11.8. The van der Waals surface area contributed by atoms with E-state index in [-0.39, 0.29) is 6.10 Å². The minimum absolute atomic E-state index is 0.366. The summed E-state index contributed by atoms with van der Waals surface area (Å²) in [7, 11) is 0. The molecule has 0 saturated carbocycles. The lowest BCUT2D eigenvalue weighted by atomic mass is 10.2. The highest BCUT2D eigenvalue weighted by Gasteiger charge is 2.18. The summed E-state index contributed by atoms with van der Waals surface area (Å²) in [6.45, 7) is 3.17. The number of nitrogens with two attached hydrogens (primary N) is 1. The molecule has 3 aromatic rings. The Morgan fingerprint density at radius 3 is 2.38 bits per heavy atom. The molecule has 0 amide bonds. The summed E-state index contributed by atoms with van der Waals surface area (Å²) in [5, 5.41) is 15.2. The fraction of sp³-hybridized carbons (Fsp3) is 0.400. The average molecular weight is 325 g/mol. The Morgan fingerprint density at radius 1 is 1.08 bits per heavy atom. The molecule has 2 heterocycles. The van der Waals surface area contributed by atoms with E-state index in [0.29, 0.717) is 19.2 Å². The first-order valence-corrected chi connectivity index (χ1v) is 8.90. The number of benzene rings is 2. The third-order valence-electron chi connectivity index (χ3n) is 4.97. The van der Waals surface area contributed by atoms with E-state index in [4.69, 9.17) is 4.74 Å². The van der Waals surface area contributed by atoms with E-state index in [1.54, 1.807) is 0 Å². The lowest BCUT2D eigenvalue weighted by Crippen LogP contribution is -2.88. The largest absolute Gasteiger partial charge is 0.385 e. The Hall–Kier alpha value is -1.88. The van der Waals surface area contributed by atoms with Crippen LogP contribution < -0.4 is 5.32 Å². The van der Waals surface area contributed by atoms with Crippen molar-refractivity contribution >= 4 is 21.8 Å². The first kappa shape index (κ1) is 15.6. The smallest absolute Gasteiger partial charge is 0.121 e. The lowest BCUT2D eigenvalue weighted by molar-refractivity contribution is -0.666. The van der Waals surface area contributed by atoms with Gasteiger partial charge in [-0.25, -0.2) is 0 Å². The molecule has 4 heteroatoms. The number of rotatable bonds is 6. The van der Waals surface area contributed by atoms with E-state index in [0.717, 1.165) is 19.6 Å². The van der Waals surface area contributed by atoms with Crippen LogP contribution in [0.15, 0.2) is 48.5 Å². The number of hydrogen-bond donors (Lipinski definition) is 2. The van der Waals surface area contributed by atoms with Crippen molar-refractivity contribution in [1.82, 2.24) is 4.57 Å². The summed E-state index contributed by atoms with van der Waals surface area (Å²) in [6, 6.07) is 16.9.